The summed E-state index contributed by atoms with van der Waals surface area (Å²) >= 11 is 0. The molecule has 0 spiro atoms. The lowest BCUT2D eigenvalue weighted by Gasteiger charge is -2.07. The van der Waals surface area contributed by atoms with Crippen LogP contribution in [0.1, 0.15) is 5.56 Å². The number of aromatic nitrogens is 1. The van der Waals surface area contributed by atoms with Gasteiger partial charge in [0.25, 0.3) is 0 Å². The Morgan fingerprint density at radius 2 is 1.68 bits per heavy atom. The number of nitrogens with zero attached hydrogens (tertiary/aromatic N) is 1. The highest BCUT2D eigenvalue weighted by atomic mass is 35.5. The van der Waals surface area contributed by atoms with Crippen LogP contribution in [0.15, 0.2) is 54.6 Å². The number of nitrogens with two attached hydrogens (primary N) is 1. The zero-order valence-corrected chi connectivity index (χ0v) is 11.4. The summed E-state index contributed by atoms with van der Waals surface area (Å²) in [6.45, 7) is 2.08. The second-order valence-corrected chi connectivity index (χ2v) is 4.48. The summed E-state index contributed by atoms with van der Waals surface area (Å²) in [5, 5.41) is 2.15. The summed E-state index contributed by atoms with van der Waals surface area (Å²) in [6, 6.07) is 18.4. The normalized spacial score (nSPS) is 10.2. The molecule has 3 rings (SSSR count). The molecule has 0 unspecified atom stereocenters. The fourth-order valence-corrected chi connectivity index (χ4v) is 2.16. The van der Waals surface area contributed by atoms with Gasteiger partial charge in [-0.05, 0) is 18.4 Å². The van der Waals surface area contributed by atoms with E-state index in [4.69, 9.17) is 5.73 Å². The van der Waals surface area contributed by atoms with E-state index in [0.29, 0.717) is 5.82 Å². The molecule has 96 valence electrons. The number of rotatable bonds is 1. The summed E-state index contributed by atoms with van der Waals surface area (Å²) < 4.78 is 0. The van der Waals surface area contributed by atoms with Crippen molar-refractivity contribution in [2.75, 3.05) is 5.73 Å². The number of pyridine rings is 1. The molecular formula is C16H15ClN2. The van der Waals surface area contributed by atoms with E-state index in [1.807, 2.05) is 36.4 Å². The maximum Gasteiger partial charge on any atom is 0.131 e. The number of anilines is 1. The first-order chi connectivity index (χ1) is 8.74. The molecule has 2 nitrogen and oxygen atoms in total. The molecule has 1 heterocycles. The maximum atomic E-state index is 6.03. The minimum absolute atomic E-state index is 0. The highest BCUT2D eigenvalue weighted by Gasteiger charge is 2.05. The van der Waals surface area contributed by atoms with Crippen LogP contribution in [0, 0.1) is 6.92 Å². The van der Waals surface area contributed by atoms with Gasteiger partial charge in [0.1, 0.15) is 5.82 Å². The van der Waals surface area contributed by atoms with E-state index >= 15 is 0 Å². The average molecular weight is 271 g/mol. The van der Waals surface area contributed by atoms with Crippen LogP contribution >= 0.6 is 12.4 Å². The molecule has 0 fully saturated rings. The number of hydrogen-bond acceptors (Lipinski definition) is 2. The Kier molecular flexibility index (Phi) is 3.72. The van der Waals surface area contributed by atoms with Gasteiger partial charge in [-0.1, -0.05) is 54.1 Å². The van der Waals surface area contributed by atoms with Gasteiger partial charge >= 0.3 is 0 Å². The number of aryl methyl sites for hydroxylation is 1. The van der Waals surface area contributed by atoms with Crippen LogP contribution in [0.3, 0.4) is 0 Å². The van der Waals surface area contributed by atoms with Crippen molar-refractivity contribution < 1.29 is 0 Å². The minimum Gasteiger partial charge on any atom is -0.383 e. The monoisotopic (exact) mass is 270 g/mol. The molecule has 2 N–H and O–H groups in total. The molecule has 0 amide bonds. The first-order valence-electron chi connectivity index (χ1n) is 5.96. The van der Waals surface area contributed by atoms with Gasteiger partial charge in [-0.2, -0.15) is 0 Å². The molecule has 0 atom stereocenters. The molecule has 0 bridgehead atoms. The third-order valence-corrected chi connectivity index (χ3v) is 3.09. The maximum absolute atomic E-state index is 6.03. The largest absolute Gasteiger partial charge is 0.383 e. The number of halogens is 1. The van der Waals surface area contributed by atoms with Crippen molar-refractivity contribution >= 4 is 29.0 Å². The van der Waals surface area contributed by atoms with E-state index in [1.54, 1.807) is 0 Å². The fraction of sp³-hybridized carbons (Fsp3) is 0.0625. The molecule has 0 saturated heterocycles. The summed E-state index contributed by atoms with van der Waals surface area (Å²) in [7, 11) is 0. The van der Waals surface area contributed by atoms with Crippen molar-refractivity contribution in [2.24, 2.45) is 0 Å². The first-order valence-corrected chi connectivity index (χ1v) is 5.96. The lowest BCUT2D eigenvalue weighted by molar-refractivity contribution is 1.36. The Bertz CT molecular complexity index is 709. The molecule has 0 saturated carbocycles. The third-order valence-electron chi connectivity index (χ3n) is 3.09. The first kappa shape index (κ1) is 13.4. The Labute approximate surface area is 118 Å². The summed E-state index contributed by atoms with van der Waals surface area (Å²) in [6.07, 6.45) is 0. The lowest BCUT2D eigenvalue weighted by atomic mass is 10.0. The number of benzene rings is 2. The van der Waals surface area contributed by atoms with Crippen LogP contribution < -0.4 is 5.73 Å². The van der Waals surface area contributed by atoms with E-state index < -0.39 is 0 Å². The molecule has 0 aliphatic heterocycles. The predicted octanol–water partition coefficient (Wildman–Crippen LogP) is 4.21. The Balaban J connectivity index is 0.00000133. The third kappa shape index (κ3) is 2.54. The van der Waals surface area contributed by atoms with Crippen LogP contribution in [0.2, 0.25) is 0 Å². The summed E-state index contributed by atoms with van der Waals surface area (Å²) in [4.78, 5) is 4.48. The van der Waals surface area contributed by atoms with Gasteiger partial charge in [0.05, 0.1) is 5.69 Å². The topological polar surface area (TPSA) is 38.9 Å². The van der Waals surface area contributed by atoms with Gasteiger partial charge < -0.3 is 5.73 Å². The highest BCUT2D eigenvalue weighted by molar-refractivity contribution is 5.94. The van der Waals surface area contributed by atoms with Crippen LogP contribution in [-0.4, -0.2) is 4.98 Å². The fourth-order valence-electron chi connectivity index (χ4n) is 2.16. The molecule has 0 aliphatic rings. The number of fused-ring (bicyclic) bond motifs is 1. The lowest BCUT2D eigenvalue weighted by Crippen LogP contribution is -1.94. The van der Waals surface area contributed by atoms with Gasteiger partial charge in [0, 0.05) is 10.9 Å². The van der Waals surface area contributed by atoms with Crippen LogP contribution in [0.25, 0.3) is 22.0 Å². The van der Waals surface area contributed by atoms with E-state index in [2.05, 4.69) is 30.1 Å². The highest BCUT2D eigenvalue weighted by Crippen LogP contribution is 2.26. The van der Waals surface area contributed by atoms with Crippen LogP contribution in [-0.2, 0) is 0 Å². The van der Waals surface area contributed by atoms with Gasteiger partial charge in [0.15, 0.2) is 0 Å². The zero-order valence-electron chi connectivity index (χ0n) is 10.6. The van der Waals surface area contributed by atoms with Gasteiger partial charge in [-0.15, -0.1) is 12.4 Å². The second kappa shape index (κ2) is 5.29. The zero-order chi connectivity index (χ0) is 12.5. The summed E-state index contributed by atoms with van der Waals surface area (Å²) in [5.74, 6) is 0.589. The number of nitrogen functional groups attached to an aromatic ring is 1. The van der Waals surface area contributed by atoms with Crippen molar-refractivity contribution in [1.82, 2.24) is 4.98 Å². The van der Waals surface area contributed by atoms with Crippen molar-refractivity contribution in [3.05, 3.63) is 60.2 Å². The average Bonchev–Trinajstić information content (AvgIpc) is 2.39. The Morgan fingerprint density at radius 1 is 0.947 bits per heavy atom. The molecule has 1 aromatic heterocycles. The van der Waals surface area contributed by atoms with Crippen molar-refractivity contribution in [3.63, 3.8) is 0 Å². The molecule has 2 aromatic carbocycles. The second-order valence-electron chi connectivity index (χ2n) is 4.48. The molecule has 3 heteroatoms. The van der Waals surface area contributed by atoms with Crippen molar-refractivity contribution in [2.45, 2.75) is 6.92 Å². The van der Waals surface area contributed by atoms with E-state index in [-0.39, 0.29) is 12.4 Å². The van der Waals surface area contributed by atoms with E-state index in [1.165, 1.54) is 5.56 Å². The summed E-state index contributed by atoms with van der Waals surface area (Å²) in [5.41, 5.74) is 9.27. The van der Waals surface area contributed by atoms with Gasteiger partial charge in [0.2, 0.25) is 0 Å². The Hall–Kier alpha value is -2.06. The van der Waals surface area contributed by atoms with Crippen LogP contribution in [0.4, 0.5) is 5.82 Å². The number of hydrogen-bond donors (Lipinski definition) is 1. The SMILES string of the molecule is Cc1ccc2c(N)nc(-c3ccccc3)cc2c1.Cl. The molecule has 19 heavy (non-hydrogen) atoms. The predicted molar refractivity (Wildman–Crippen MR) is 83.6 cm³/mol. The van der Waals surface area contributed by atoms with Gasteiger partial charge in [-0.3, -0.25) is 0 Å². The molecule has 3 aromatic rings. The van der Waals surface area contributed by atoms with Gasteiger partial charge in [-0.25, -0.2) is 4.98 Å². The minimum atomic E-state index is 0. The van der Waals surface area contributed by atoms with Crippen molar-refractivity contribution in [3.8, 4) is 11.3 Å². The molecule has 0 radical (unpaired) electrons. The van der Waals surface area contributed by atoms with Crippen LogP contribution in [0.5, 0.6) is 0 Å². The van der Waals surface area contributed by atoms with E-state index in [9.17, 15) is 0 Å². The Morgan fingerprint density at radius 3 is 2.42 bits per heavy atom. The smallest absolute Gasteiger partial charge is 0.131 e. The van der Waals surface area contributed by atoms with E-state index in [0.717, 1.165) is 22.0 Å². The molecule has 0 aliphatic carbocycles. The molecular weight excluding hydrogens is 256 g/mol. The van der Waals surface area contributed by atoms with Crippen molar-refractivity contribution in [1.29, 1.82) is 0 Å². The standard InChI is InChI=1S/C16H14N2.ClH/c1-11-7-8-14-13(9-11)10-15(18-16(14)17)12-5-3-2-4-6-12;/h2-10H,1H3,(H2,17,18);1H. The quantitative estimate of drug-likeness (QED) is 0.719.